The zero-order valence-corrected chi connectivity index (χ0v) is 33.7. The van der Waals surface area contributed by atoms with Crippen LogP contribution < -0.4 is 5.11 Å². The third-order valence-corrected chi connectivity index (χ3v) is 8.65. The molecule has 0 heterocycles. The van der Waals surface area contributed by atoms with Gasteiger partial charge >= 0.3 is 11.9 Å². The number of hydrogen-bond acceptors (Lipinski definition) is 7. The number of carboxylic acids is 1. The molecule has 0 radical (unpaired) electrons. The smallest absolute Gasteiger partial charge is 0.306 e. The molecule has 0 saturated carbocycles. The second-order valence-electron chi connectivity index (χ2n) is 14.5. The molecular weight excluding hydrogens is 654 g/mol. The van der Waals surface area contributed by atoms with Crippen molar-refractivity contribution in [1.29, 1.82) is 0 Å². The van der Waals surface area contributed by atoms with E-state index in [1.54, 1.807) is 21.1 Å². The number of aliphatic carboxylic acids is 1. The average Bonchev–Trinajstić information content (AvgIpc) is 3.09. The minimum Gasteiger partial charge on any atom is -0.544 e. The third kappa shape index (κ3) is 32.9. The van der Waals surface area contributed by atoms with Gasteiger partial charge in [0.25, 0.3) is 0 Å². The third-order valence-electron chi connectivity index (χ3n) is 8.65. The Labute approximate surface area is 318 Å². The zero-order chi connectivity index (χ0) is 38.5. The molecule has 2 atom stereocenters. The summed E-state index contributed by atoms with van der Waals surface area (Å²) in [5.41, 5.74) is 0. The van der Waals surface area contributed by atoms with E-state index in [0.29, 0.717) is 12.8 Å². The van der Waals surface area contributed by atoms with Gasteiger partial charge in [-0.05, 0) is 64.2 Å². The van der Waals surface area contributed by atoms with E-state index in [9.17, 15) is 19.5 Å². The number of hydrogen-bond donors (Lipinski definition) is 0. The highest BCUT2D eigenvalue weighted by Crippen LogP contribution is 2.12. The molecule has 0 rings (SSSR count). The van der Waals surface area contributed by atoms with Crippen LogP contribution in [0.2, 0.25) is 0 Å². The lowest BCUT2D eigenvalue weighted by Crippen LogP contribution is -2.55. The summed E-state index contributed by atoms with van der Waals surface area (Å²) in [7, 11) is 5.37. The van der Waals surface area contributed by atoms with Crippen molar-refractivity contribution in [3.8, 4) is 0 Å². The molecule has 0 aromatic rings. The van der Waals surface area contributed by atoms with Gasteiger partial charge in [0.2, 0.25) is 0 Å². The number of rotatable bonds is 35. The fourth-order valence-electron chi connectivity index (χ4n) is 5.49. The highest BCUT2D eigenvalue weighted by Gasteiger charge is 2.25. The van der Waals surface area contributed by atoms with Crippen molar-refractivity contribution < 1.29 is 38.2 Å². The van der Waals surface area contributed by atoms with Crippen LogP contribution in [-0.4, -0.2) is 75.5 Å². The molecule has 298 valence electrons. The average molecular weight is 730 g/mol. The van der Waals surface area contributed by atoms with E-state index in [4.69, 9.17) is 14.2 Å². The van der Waals surface area contributed by atoms with Crippen molar-refractivity contribution in [2.75, 3.05) is 41.0 Å². The summed E-state index contributed by atoms with van der Waals surface area (Å²) in [6.45, 7) is 4.43. The molecule has 0 saturated heterocycles. The number of unbranched alkanes of at least 4 members (excludes halogenated alkanes) is 11. The van der Waals surface area contributed by atoms with Crippen LogP contribution in [-0.2, 0) is 28.6 Å². The van der Waals surface area contributed by atoms with Crippen molar-refractivity contribution in [1.82, 2.24) is 0 Å². The number of nitrogens with zero attached hydrogens (tertiary/aromatic N) is 1. The van der Waals surface area contributed by atoms with E-state index in [-0.39, 0.29) is 49.1 Å². The summed E-state index contributed by atoms with van der Waals surface area (Å²) in [6.07, 6.45) is 41.3. The Morgan fingerprint density at radius 1 is 0.596 bits per heavy atom. The Kier molecular flexibility index (Phi) is 33.1. The molecular formula is C44H75NO7. The van der Waals surface area contributed by atoms with Gasteiger partial charge in [-0.3, -0.25) is 9.59 Å². The van der Waals surface area contributed by atoms with Crippen LogP contribution in [0.15, 0.2) is 60.8 Å². The minimum absolute atomic E-state index is 0.0193. The second-order valence-corrected chi connectivity index (χ2v) is 14.5. The van der Waals surface area contributed by atoms with Crippen LogP contribution in [0.5, 0.6) is 0 Å². The SMILES string of the molecule is CC/C=C/C/C=C/C/C=C/C/C=C/CCCCCCCCCC(=O)OCC(COCCC(C(=O)[O-])[N+](C)(C)C)OC(=O)CC/C=C/CCCCCC. The van der Waals surface area contributed by atoms with Crippen LogP contribution in [0, 0.1) is 0 Å². The number of carboxylic acid groups (broad SMARTS) is 1. The Hall–Kier alpha value is -2.97. The number of quaternary nitrogens is 1. The Morgan fingerprint density at radius 3 is 1.69 bits per heavy atom. The van der Waals surface area contributed by atoms with E-state index in [1.165, 1.54) is 44.9 Å². The summed E-state index contributed by atoms with van der Waals surface area (Å²) in [5, 5.41) is 11.6. The highest BCUT2D eigenvalue weighted by atomic mass is 16.6. The van der Waals surface area contributed by atoms with E-state index in [2.05, 4.69) is 68.5 Å². The van der Waals surface area contributed by atoms with Crippen molar-refractivity contribution in [2.24, 2.45) is 0 Å². The minimum atomic E-state index is -1.14. The predicted molar refractivity (Wildman–Crippen MR) is 212 cm³/mol. The molecule has 0 aliphatic rings. The molecule has 0 N–H and O–H groups in total. The maximum absolute atomic E-state index is 12.6. The Morgan fingerprint density at radius 2 is 1.12 bits per heavy atom. The highest BCUT2D eigenvalue weighted by molar-refractivity contribution is 5.70. The van der Waals surface area contributed by atoms with E-state index in [0.717, 1.165) is 64.2 Å². The number of ether oxygens (including phenoxy) is 3. The standard InChI is InChI=1S/C44H75NO7/c1-6-8-10-12-14-16-17-18-19-20-21-22-23-24-25-26-27-29-30-32-34-42(46)51-39-40(38-50-37-36-41(44(48)49)45(3,4)5)52-43(47)35-33-31-28-15-13-11-9-7-2/h8,10,14,16,18-19,21-22,28,31,40-41H,6-7,9,11-13,15,17,20,23-27,29-30,32-39H2,1-5H3/b10-8+,16-14+,19-18+,22-21+,31-28+. The van der Waals surface area contributed by atoms with Gasteiger partial charge in [-0.25, -0.2) is 0 Å². The maximum atomic E-state index is 12.6. The first-order valence-electron chi connectivity index (χ1n) is 20.3. The molecule has 52 heavy (non-hydrogen) atoms. The lowest BCUT2D eigenvalue weighted by molar-refractivity contribution is -0.889. The van der Waals surface area contributed by atoms with Crippen LogP contribution in [0.4, 0.5) is 0 Å². The van der Waals surface area contributed by atoms with Crippen LogP contribution in [0.25, 0.3) is 0 Å². The fourth-order valence-corrected chi connectivity index (χ4v) is 5.49. The lowest BCUT2D eigenvalue weighted by atomic mass is 10.1. The quantitative estimate of drug-likeness (QED) is 0.0277. The Balaban J connectivity index is 4.31. The lowest BCUT2D eigenvalue weighted by Gasteiger charge is -2.34. The molecule has 0 spiro atoms. The molecule has 0 aliphatic carbocycles. The number of allylic oxidation sites excluding steroid dienone is 10. The predicted octanol–water partition coefficient (Wildman–Crippen LogP) is 9.30. The van der Waals surface area contributed by atoms with Gasteiger partial charge in [0, 0.05) is 19.3 Å². The molecule has 0 fully saturated rings. The number of carbonyl (C=O) groups is 3. The zero-order valence-electron chi connectivity index (χ0n) is 33.7. The van der Waals surface area contributed by atoms with Gasteiger partial charge in [0.05, 0.1) is 40.3 Å². The van der Waals surface area contributed by atoms with E-state index >= 15 is 0 Å². The maximum Gasteiger partial charge on any atom is 0.306 e. The molecule has 2 unspecified atom stereocenters. The number of carbonyl (C=O) groups excluding carboxylic acids is 3. The topological polar surface area (TPSA) is 102 Å². The molecule has 0 aromatic carbocycles. The molecule has 8 heteroatoms. The first kappa shape index (κ1) is 49.0. The number of esters is 2. The Bertz CT molecular complexity index is 1040. The van der Waals surface area contributed by atoms with Crippen molar-refractivity contribution in [3.63, 3.8) is 0 Å². The molecule has 8 nitrogen and oxygen atoms in total. The largest absolute Gasteiger partial charge is 0.544 e. The van der Waals surface area contributed by atoms with Gasteiger partial charge < -0.3 is 28.6 Å². The molecule has 0 bridgehead atoms. The van der Waals surface area contributed by atoms with Crippen LogP contribution >= 0.6 is 0 Å². The van der Waals surface area contributed by atoms with Crippen molar-refractivity contribution in [3.05, 3.63) is 60.8 Å². The first-order chi connectivity index (χ1) is 25.1. The van der Waals surface area contributed by atoms with E-state index < -0.39 is 18.1 Å². The van der Waals surface area contributed by atoms with Crippen LogP contribution in [0.3, 0.4) is 0 Å². The fraction of sp³-hybridized carbons (Fsp3) is 0.705. The van der Waals surface area contributed by atoms with Gasteiger partial charge in [-0.2, -0.15) is 0 Å². The van der Waals surface area contributed by atoms with Gasteiger partial charge in [0.15, 0.2) is 6.10 Å². The summed E-state index contributed by atoms with van der Waals surface area (Å²) < 4.78 is 17.0. The van der Waals surface area contributed by atoms with Crippen LogP contribution in [0.1, 0.15) is 149 Å². The molecule has 0 aromatic heterocycles. The number of likely N-dealkylation sites (N-methyl/N-ethyl adjacent to an activating group) is 1. The molecule has 0 aliphatic heterocycles. The summed E-state index contributed by atoms with van der Waals surface area (Å²) >= 11 is 0. The monoisotopic (exact) mass is 730 g/mol. The molecule has 0 amide bonds. The summed E-state index contributed by atoms with van der Waals surface area (Å²) in [6, 6.07) is -0.733. The normalized spacial score (nSPS) is 13.6. The van der Waals surface area contributed by atoms with Gasteiger partial charge in [-0.15, -0.1) is 0 Å². The van der Waals surface area contributed by atoms with Gasteiger partial charge in [0.1, 0.15) is 12.6 Å². The second kappa shape index (κ2) is 35.1. The summed E-state index contributed by atoms with van der Waals surface area (Å²) in [4.78, 5) is 36.6. The van der Waals surface area contributed by atoms with Crippen molar-refractivity contribution in [2.45, 2.75) is 161 Å². The van der Waals surface area contributed by atoms with Gasteiger partial charge in [-0.1, -0.05) is 126 Å². The van der Waals surface area contributed by atoms with Crippen molar-refractivity contribution >= 4 is 17.9 Å². The van der Waals surface area contributed by atoms with E-state index in [1.807, 2.05) is 6.08 Å². The first-order valence-corrected chi connectivity index (χ1v) is 20.3. The summed E-state index contributed by atoms with van der Waals surface area (Å²) in [5.74, 6) is -1.83.